The normalized spacial score (nSPS) is 13.8. The quantitative estimate of drug-likeness (QED) is 0.814. The Morgan fingerprint density at radius 2 is 2.18 bits per heavy atom. The van der Waals surface area contributed by atoms with Crippen molar-refractivity contribution >= 4 is 21.4 Å². The number of nitrogens with zero attached hydrogens (tertiary/aromatic N) is 2. The van der Waals surface area contributed by atoms with E-state index in [0.29, 0.717) is 6.42 Å². The van der Waals surface area contributed by atoms with Crippen LogP contribution in [0.2, 0.25) is 0 Å². The van der Waals surface area contributed by atoms with Crippen molar-refractivity contribution < 1.29 is 8.42 Å². The molecule has 0 aliphatic heterocycles. The van der Waals surface area contributed by atoms with Crippen molar-refractivity contribution in [3.05, 3.63) is 10.6 Å². The van der Waals surface area contributed by atoms with Gasteiger partial charge in [0.15, 0.2) is 0 Å². The molecule has 0 bridgehead atoms. The molecule has 0 aliphatic carbocycles. The van der Waals surface area contributed by atoms with Gasteiger partial charge in [-0.1, -0.05) is 11.4 Å². The van der Waals surface area contributed by atoms with Crippen molar-refractivity contribution in [2.24, 2.45) is 0 Å². The van der Waals surface area contributed by atoms with Gasteiger partial charge < -0.3 is 5.32 Å². The lowest BCUT2D eigenvalue weighted by molar-refractivity contribution is 0.517. The highest BCUT2D eigenvalue weighted by atomic mass is 32.2. The van der Waals surface area contributed by atoms with Gasteiger partial charge in [-0.05, 0) is 37.8 Å². The van der Waals surface area contributed by atoms with Gasteiger partial charge >= 0.3 is 0 Å². The first-order chi connectivity index (χ1) is 7.94. The summed E-state index contributed by atoms with van der Waals surface area (Å²) in [5, 5.41) is 7.32. The van der Waals surface area contributed by atoms with Crippen LogP contribution in [0.25, 0.3) is 0 Å². The number of aryl methyl sites for hydroxylation is 1. The zero-order valence-electron chi connectivity index (χ0n) is 10.4. The van der Waals surface area contributed by atoms with E-state index in [0.717, 1.165) is 23.5 Å². The summed E-state index contributed by atoms with van der Waals surface area (Å²) >= 11 is 1.34. The van der Waals surface area contributed by atoms with E-state index < -0.39 is 9.84 Å². The molecule has 0 saturated heterocycles. The summed E-state index contributed by atoms with van der Waals surface area (Å²) in [5.41, 5.74) is 0.886. The average Bonchev–Trinajstić information content (AvgIpc) is 2.63. The van der Waals surface area contributed by atoms with Gasteiger partial charge in [-0.2, -0.15) is 0 Å². The summed E-state index contributed by atoms with van der Waals surface area (Å²) in [4.78, 5) is 1.04. The second kappa shape index (κ2) is 6.42. The predicted molar refractivity (Wildman–Crippen MR) is 70.0 cm³/mol. The van der Waals surface area contributed by atoms with Crippen molar-refractivity contribution in [1.29, 1.82) is 0 Å². The largest absolute Gasteiger partial charge is 0.309 e. The molecular formula is C10H19N3O2S2. The zero-order valence-corrected chi connectivity index (χ0v) is 12.1. The second-order valence-corrected chi connectivity index (χ2v) is 7.19. The van der Waals surface area contributed by atoms with Crippen LogP contribution in [0.4, 0.5) is 0 Å². The van der Waals surface area contributed by atoms with Gasteiger partial charge in [0, 0.05) is 12.3 Å². The molecule has 1 aromatic rings. The molecule has 0 amide bonds. The molecule has 0 radical (unpaired) electrons. The van der Waals surface area contributed by atoms with Gasteiger partial charge in [0.25, 0.3) is 0 Å². The van der Waals surface area contributed by atoms with Crippen molar-refractivity contribution in [3.8, 4) is 0 Å². The van der Waals surface area contributed by atoms with Crippen LogP contribution in [0.15, 0.2) is 0 Å². The van der Waals surface area contributed by atoms with E-state index in [1.54, 1.807) is 0 Å². The lowest BCUT2D eigenvalue weighted by atomic mass is 10.1. The lowest BCUT2D eigenvalue weighted by Crippen LogP contribution is -2.24. The summed E-state index contributed by atoms with van der Waals surface area (Å²) in [6, 6.07) is 0.0460. The fourth-order valence-electron chi connectivity index (χ4n) is 1.53. The topological polar surface area (TPSA) is 72.0 Å². The first-order valence-electron chi connectivity index (χ1n) is 5.64. The maximum absolute atomic E-state index is 11.2. The monoisotopic (exact) mass is 277 g/mol. The predicted octanol–water partition coefficient (Wildman–Crippen LogP) is 1.32. The van der Waals surface area contributed by atoms with E-state index in [1.807, 2.05) is 6.92 Å². The van der Waals surface area contributed by atoms with Crippen molar-refractivity contribution in [1.82, 2.24) is 14.9 Å². The Balaban J connectivity index is 2.71. The third-order valence-corrected chi connectivity index (χ3v) is 4.34. The van der Waals surface area contributed by atoms with E-state index in [4.69, 9.17) is 0 Å². The SMILES string of the molecule is CCCNC(CCS(C)(=O)=O)c1snnc1C. The highest BCUT2D eigenvalue weighted by Gasteiger charge is 2.18. The standard InChI is InChI=1S/C10H19N3O2S2/c1-4-6-11-9(5-7-17(3,14)15)10-8(2)12-13-16-10/h9,11H,4-7H2,1-3H3. The molecule has 7 heteroatoms. The van der Waals surface area contributed by atoms with Crippen molar-refractivity contribution in [3.63, 3.8) is 0 Å². The number of nitrogens with one attached hydrogen (secondary N) is 1. The Morgan fingerprint density at radius 1 is 1.47 bits per heavy atom. The molecule has 98 valence electrons. The Morgan fingerprint density at radius 3 is 2.65 bits per heavy atom. The van der Waals surface area contributed by atoms with Crippen molar-refractivity contribution in [2.75, 3.05) is 18.6 Å². The van der Waals surface area contributed by atoms with Crippen molar-refractivity contribution in [2.45, 2.75) is 32.7 Å². The highest BCUT2D eigenvalue weighted by molar-refractivity contribution is 7.90. The minimum absolute atomic E-state index is 0.0460. The Labute approximate surface area is 107 Å². The van der Waals surface area contributed by atoms with Gasteiger partial charge in [-0.15, -0.1) is 5.10 Å². The minimum Gasteiger partial charge on any atom is -0.309 e. The molecule has 0 aliphatic rings. The molecule has 1 heterocycles. The van der Waals surface area contributed by atoms with Crippen LogP contribution in [0, 0.1) is 6.92 Å². The van der Waals surface area contributed by atoms with E-state index >= 15 is 0 Å². The number of aromatic nitrogens is 2. The third-order valence-electron chi connectivity index (χ3n) is 2.42. The summed E-state index contributed by atoms with van der Waals surface area (Å²) in [5.74, 6) is 0.186. The minimum atomic E-state index is -2.92. The zero-order chi connectivity index (χ0) is 12.9. The fraction of sp³-hybridized carbons (Fsp3) is 0.800. The summed E-state index contributed by atoms with van der Waals surface area (Å²) < 4.78 is 26.3. The Kier molecular flexibility index (Phi) is 5.48. The molecular weight excluding hydrogens is 258 g/mol. The number of hydrogen-bond donors (Lipinski definition) is 1. The molecule has 0 fully saturated rings. The van der Waals surface area contributed by atoms with Gasteiger partial charge in [-0.25, -0.2) is 8.42 Å². The molecule has 0 aromatic carbocycles. The van der Waals surface area contributed by atoms with Gasteiger partial charge in [0.05, 0.1) is 16.3 Å². The number of hydrogen-bond acceptors (Lipinski definition) is 6. The summed E-state index contributed by atoms with van der Waals surface area (Å²) in [6.45, 7) is 4.85. The first kappa shape index (κ1) is 14.5. The highest BCUT2D eigenvalue weighted by Crippen LogP contribution is 2.23. The van der Waals surface area contributed by atoms with E-state index in [-0.39, 0.29) is 11.8 Å². The lowest BCUT2D eigenvalue weighted by Gasteiger charge is -2.16. The summed E-state index contributed by atoms with van der Waals surface area (Å²) in [6.07, 6.45) is 2.85. The maximum Gasteiger partial charge on any atom is 0.147 e. The molecule has 0 saturated carbocycles. The van der Waals surface area contributed by atoms with Gasteiger partial charge in [-0.3, -0.25) is 0 Å². The van der Waals surface area contributed by atoms with Crippen LogP contribution in [0.1, 0.15) is 36.4 Å². The third kappa shape index (κ3) is 5.10. The van der Waals surface area contributed by atoms with Crippen LogP contribution in [-0.2, 0) is 9.84 Å². The second-order valence-electron chi connectivity index (χ2n) is 4.15. The van der Waals surface area contributed by atoms with Gasteiger partial charge in [0.2, 0.25) is 0 Å². The molecule has 1 aromatic heterocycles. The fourth-order valence-corrected chi connectivity index (χ4v) is 2.95. The molecule has 17 heavy (non-hydrogen) atoms. The maximum atomic E-state index is 11.2. The molecule has 1 rings (SSSR count). The van der Waals surface area contributed by atoms with E-state index in [1.165, 1.54) is 17.8 Å². The molecule has 1 atom stereocenters. The van der Waals surface area contributed by atoms with E-state index in [2.05, 4.69) is 21.8 Å². The van der Waals surface area contributed by atoms with Crippen LogP contribution < -0.4 is 5.32 Å². The van der Waals surface area contributed by atoms with Crippen LogP contribution in [-0.4, -0.2) is 36.6 Å². The van der Waals surface area contributed by atoms with Crippen LogP contribution in [0.3, 0.4) is 0 Å². The van der Waals surface area contributed by atoms with E-state index in [9.17, 15) is 8.42 Å². The Bertz CT molecular complexity index is 442. The molecule has 1 unspecified atom stereocenters. The van der Waals surface area contributed by atoms with Crippen LogP contribution >= 0.6 is 11.5 Å². The molecule has 0 spiro atoms. The Hall–Kier alpha value is -0.530. The molecule has 1 N–H and O–H groups in total. The van der Waals surface area contributed by atoms with Gasteiger partial charge in [0.1, 0.15) is 9.84 Å². The number of rotatable bonds is 7. The van der Waals surface area contributed by atoms with Crippen LogP contribution in [0.5, 0.6) is 0 Å². The first-order valence-corrected chi connectivity index (χ1v) is 8.47. The smallest absolute Gasteiger partial charge is 0.147 e. The number of sulfone groups is 1. The molecule has 5 nitrogen and oxygen atoms in total. The summed E-state index contributed by atoms with van der Waals surface area (Å²) in [7, 11) is -2.92. The average molecular weight is 277 g/mol.